The van der Waals surface area contributed by atoms with Gasteiger partial charge in [-0.25, -0.2) is 0 Å². The van der Waals surface area contributed by atoms with Crippen LogP contribution in [0.15, 0.2) is 17.7 Å². The van der Waals surface area contributed by atoms with Gasteiger partial charge in [0, 0.05) is 13.1 Å². The van der Waals surface area contributed by atoms with Crippen molar-refractivity contribution in [2.45, 2.75) is 78.2 Å². The van der Waals surface area contributed by atoms with Crippen LogP contribution in [0, 0.1) is 5.92 Å². The predicted octanol–water partition coefficient (Wildman–Crippen LogP) is 4.86. The van der Waals surface area contributed by atoms with Crippen LogP contribution in [0.4, 0.5) is 0 Å². The standard InChI is InChI=1S/C25H37NO4/c1-6-7-8-9-16(2)17(3)18-12-21(28)24-19-14-26(23(29)15-27)11-10-20(19)25(4,5)30-22(24)13-18/h12-13,16-17,27-28H,6-11,14-15H2,1-5H3. The monoisotopic (exact) mass is 415 g/mol. The van der Waals surface area contributed by atoms with Crippen molar-refractivity contribution in [3.8, 4) is 11.5 Å². The maximum Gasteiger partial charge on any atom is 0.248 e. The van der Waals surface area contributed by atoms with Gasteiger partial charge in [0.05, 0.1) is 5.56 Å². The van der Waals surface area contributed by atoms with Gasteiger partial charge in [0.1, 0.15) is 23.7 Å². The highest BCUT2D eigenvalue weighted by Gasteiger charge is 2.40. The quantitative estimate of drug-likeness (QED) is 0.624. The summed E-state index contributed by atoms with van der Waals surface area (Å²) in [5, 5.41) is 20.3. The van der Waals surface area contributed by atoms with E-state index < -0.39 is 12.2 Å². The van der Waals surface area contributed by atoms with Gasteiger partial charge >= 0.3 is 0 Å². The zero-order valence-electron chi connectivity index (χ0n) is 19.1. The number of fused-ring (bicyclic) bond motifs is 2. The van der Waals surface area contributed by atoms with Gasteiger partial charge in [-0.05, 0) is 60.9 Å². The van der Waals surface area contributed by atoms with E-state index in [0.29, 0.717) is 42.7 Å². The van der Waals surface area contributed by atoms with Crippen molar-refractivity contribution in [2.24, 2.45) is 5.92 Å². The van der Waals surface area contributed by atoms with Crippen molar-refractivity contribution in [1.29, 1.82) is 0 Å². The molecule has 2 atom stereocenters. The predicted molar refractivity (Wildman–Crippen MR) is 120 cm³/mol. The number of aromatic hydroxyl groups is 1. The van der Waals surface area contributed by atoms with Crippen molar-refractivity contribution in [1.82, 2.24) is 4.90 Å². The molecule has 1 amide bonds. The zero-order valence-corrected chi connectivity index (χ0v) is 19.1. The number of phenols is 1. The number of hydrogen-bond donors (Lipinski definition) is 2. The molecule has 2 N–H and O–H groups in total. The van der Waals surface area contributed by atoms with Crippen LogP contribution in [-0.2, 0) is 4.79 Å². The summed E-state index contributed by atoms with van der Waals surface area (Å²) in [6.07, 6.45) is 5.56. The Morgan fingerprint density at radius 1 is 1.27 bits per heavy atom. The second-order valence-electron chi connectivity index (χ2n) is 9.47. The van der Waals surface area contributed by atoms with Crippen LogP contribution in [0.2, 0.25) is 0 Å². The smallest absolute Gasteiger partial charge is 0.248 e. The molecule has 0 saturated heterocycles. The average molecular weight is 416 g/mol. The Hall–Kier alpha value is -2.01. The Labute approximate surface area is 180 Å². The third-order valence-corrected chi connectivity index (χ3v) is 6.97. The van der Waals surface area contributed by atoms with Crippen LogP contribution in [0.5, 0.6) is 11.5 Å². The van der Waals surface area contributed by atoms with E-state index in [1.807, 2.05) is 6.07 Å². The van der Waals surface area contributed by atoms with Gasteiger partial charge in [-0.3, -0.25) is 4.79 Å². The van der Waals surface area contributed by atoms with E-state index in [1.54, 1.807) is 4.90 Å². The highest BCUT2D eigenvalue weighted by atomic mass is 16.5. The van der Waals surface area contributed by atoms with Crippen LogP contribution >= 0.6 is 0 Å². The molecule has 0 saturated carbocycles. The number of carbonyl (C=O) groups excluding carboxylic acids is 1. The van der Waals surface area contributed by atoms with Gasteiger partial charge in [-0.15, -0.1) is 0 Å². The SMILES string of the molecule is CCCCCC(C)C(C)c1cc(O)c2c(c1)OC(C)(C)C1=C2CN(C(=O)CO)CC1. The highest BCUT2D eigenvalue weighted by Crippen LogP contribution is 2.49. The number of ether oxygens (including phenoxy) is 1. The Kier molecular flexibility index (Phi) is 6.81. The van der Waals surface area contributed by atoms with E-state index in [0.717, 1.165) is 16.7 Å². The molecule has 3 rings (SSSR count). The minimum Gasteiger partial charge on any atom is -0.507 e. The topological polar surface area (TPSA) is 70.0 Å². The molecule has 2 aliphatic heterocycles. The number of amides is 1. The first kappa shape index (κ1) is 22.7. The molecular formula is C25H37NO4. The molecule has 2 aliphatic rings. The van der Waals surface area contributed by atoms with Crippen molar-refractivity contribution < 1.29 is 19.7 Å². The average Bonchev–Trinajstić information content (AvgIpc) is 2.71. The number of nitrogens with zero attached hydrogens (tertiary/aromatic N) is 1. The van der Waals surface area contributed by atoms with Crippen LogP contribution < -0.4 is 4.74 Å². The molecule has 30 heavy (non-hydrogen) atoms. The molecule has 0 radical (unpaired) electrons. The summed E-state index contributed by atoms with van der Waals surface area (Å²) in [5.74, 6) is 1.47. The van der Waals surface area contributed by atoms with Crippen molar-refractivity contribution in [3.05, 3.63) is 28.8 Å². The first-order valence-electron chi connectivity index (χ1n) is 11.4. The summed E-state index contributed by atoms with van der Waals surface area (Å²) in [6.45, 7) is 11.3. The van der Waals surface area contributed by atoms with Crippen molar-refractivity contribution >= 4 is 11.5 Å². The summed E-state index contributed by atoms with van der Waals surface area (Å²) < 4.78 is 6.39. The van der Waals surface area contributed by atoms with Crippen LogP contribution in [-0.4, -0.2) is 46.3 Å². The lowest BCUT2D eigenvalue weighted by atomic mass is 9.79. The molecule has 0 aliphatic carbocycles. The first-order chi connectivity index (χ1) is 14.2. The van der Waals surface area contributed by atoms with Gasteiger partial charge in [-0.1, -0.05) is 46.5 Å². The normalized spacial score (nSPS) is 19.6. The molecule has 5 nitrogen and oxygen atoms in total. The molecule has 0 bridgehead atoms. The van der Waals surface area contributed by atoms with E-state index in [4.69, 9.17) is 4.74 Å². The number of aliphatic hydroxyl groups excluding tert-OH is 1. The van der Waals surface area contributed by atoms with E-state index in [1.165, 1.54) is 25.7 Å². The fourth-order valence-corrected chi connectivity index (χ4v) is 4.87. The van der Waals surface area contributed by atoms with Crippen LogP contribution in [0.25, 0.3) is 5.57 Å². The maximum absolute atomic E-state index is 12.1. The third kappa shape index (κ3) is 4.36. The summed E-state index contributed by atoms with van der Waals surface area (Å²) >= 11 is 0. The van der Waals surface area contributed by atoms with Crippen molar-refractivity contribution in [3.63, 3.8) is 0 Å². The number of benzene rings is 1. The second kappa shape index (κ2) is 9.01. The number of aliphatic hydroxyl groups is 1. The van der Waals surface area contributed by atoms with E-state index in [9.17, 15) is 15.0 Å². The van der Waals surface area contributed by atoms with Gasteiger partial charge in [0.25, 0.3) is 0 Å². The minimum atomic E-state index is -0.492. The van der Waals surface area contributed by atoms with E-state index in [-0.39, 0.29) is 11.7 Å². The lowest BCUT2D eigenvalue weighted by Crippen LogP contribution is -2.44. The Morgan fingerprint density at radius 2 is 2.00 bits per heavy atom. The van der Waals surface area contributed by atoms with Gasteiger partial charge in [-0.2, -0.15) is 0 Å². The summed E-state index contributed by atoms with van der Waals surface area (Å²) in [4.78, 5) is 13.7. The summed E-state index contributed by atoms with van der Waals surface area (Å²) in [6, 6.07) is 3.95. The lowest BCUT2D eigenvalue weighted by Gasteiger charge is -2.42. The first-order valence-corrected chi connectivity index (χ1v) is 11.4. The fourth-order valence-electron chi connectivity index (χ4n) is 4.87. The Bertz CT molecular complexity index is 827. The van der Waals surface area contributed by atoms with Crippen LogP contribution in [0.1, 0.15) is 83.8 Å². The molecule has 1 aromatic carbocycles. The maximum atomic E-state index is 12.1. The Morgan fingerprint density at radius 3 is 2.67 bits per heavy atom. The molecule has 2 unspecified atom stereocenters. The van der Waals surface area contributed by atoms with E-state index in [2.05, 4.69) is 40.7 Å². The minimum absolute atomic E-state index is 0.219. The third-order valence-electron chi connectivity index (χ3n) is 6.97. The van der Waals surface area contributed by atoms with Crippen molar-refractivity contribution in [2.75, 3.05) is 19.7 Å². The number of phenolic OH excluding ortho intramolecular Hbond substituents is 1. The van der Waals surface area contributed by atoms with E-state index >= 15 is 0 Å². The summed E-state index contributed by atoms with van der Waals surface area (Å²) in [7, 11) is 0. The van der Waals surface area contributed by atoms with Gasteiger partial charge < -0.3 is 19.8 Å². The number of unbranched alkanes of at least 4 members (excludes halogenated alkanes) is 2. The molecule has 2 heterocycles. The zero-order chi connectivity index (χ0) is 22.1. The van der Waals surface area contributed by atoms with Gasteiger partial charge in [0.2, 0.25) is 5.91 Å². The molecule has 0 aromatic heterocycles. The molecule has 5 heteroatoms. The Balaban J connectivity index is 1.95. The molecule has 1 aromatic rings. The number of hydrogen-bond acceptors (Lipinski definition) is 4. The largest absolute Gasteiger partial charge is 0.507 e. The summed E-state index contributed by atoms with van der Waals surface area (Å²) in [5.41, 5.74) is 3.39. The van der Waals surface area contributed by atoms with Gasteiger partial charge in [0.15, 0.2) is 0 Å². The number of rotatable bonds is 7. The highest BCUT2D eigenvalue weighted by molar-refractivity contribution is 5.86. The second-order valence-corrected chi connectivity index (χ2v) is 9.47. The molecule has 0 fully saturated rings. The lowest BCUT2D eigenvalue weighted by molar-refractivity contribution is -0.133. The van der Waals surface area contributed by atoms with Crippen LogP contribution in [0.3, 0.4) is 0 Å². The fraction of sp³-hybridized carbons (Fsp3) is 0.640. The molecular weight excluding hydrogens is 378 g/mol. The molecule has 166 valence electrons. The molecule has 0 spiro atoms. The number of carbonyl (C=O) groups is 1.